The number of hydrogen-bond acceptors (Lipinski definition) is 5. The van der Waals surface area contributed by atoms with Crippen LogP contribution in [0.25, 0.3) is 0 Å². The van der Waals surface area contributed by atoms with Crippen LogP contribution in [0, 0.1) is 0 Å². The summed E-state index contributed by atoms with van der Waals surface area (Å²) in [5.41, 5.74) is 1.66. The normalized spacial score (nSPS) is 15.2. The first kappa shape index (κ1) is 17.4. The Kier molecular flexibility index (Phi) is 5.95. The molecule has 1 aliphatic heterocycles. The van der Waals surface area contributed by atoms with Crippen molar-refractivity contribution in [1.29, 1.82) is 0 Å². The lowest BCUT2D eigenvalue weighted by atomic mass is 10.1. The van der Waals surface area contributed by atoms with Gasteiger partial charge in [0.15, 0.2) is 0 Å². The maximum absolute atomic E-state index is 12.2. The van der Waals surface area contributed by atoms with Crippen molar-refractivity contribution in [3.63, 3.8) is 0 Å². The van der Waals surface area contributed by atoms with E-state index in [9.17, 15) is 4.79 Å². The SMILES string of the molecule is CN1CCN(c2cnc(C(=O)NCCCc3ccccc3)cn2)CC1. The number of nitrogens with zero attached hydrogens (tertiary/aromatic N) is 4. The molecule has 0 spiro atoms. The number of likely N-dealkylation sites (N-methyl/N-ethyl adjacent to an activating group) is 1. The molecule has 2 aromatic rings. The highest BCUT2D eigenvalue weighted by Gasteiger charge is 2.16. The van der Waals surface area contributed by atoms with E-state index in [-0.39, 0.29) is 5.91 Å². The highest BCUT2D eigenvalue weighted by Crippen LogP contribution is 2.11. The Labute approximate surface area is 148 Å². The Hall–Kier alpha value is -2.47. The predicted molar refractivity (Wildman–Crippen MR) is 98.8 cm³/mol. The molecular formula is C19H25N5O. The summed E-state index contributed by atoms with van der Waals surface area (Å²) in [5.74, 6) is 0.680. The number of carbonyl (C=O) groups excluding carboxylic acids is 1. The van der Waals surface area contributed by atoms with Crippen LogP contribution in [0.15, 0.2) is 42.7 Å². The number of piperazine rings is 1. The van der Waals surface area contributed by atoms with Gasteiger partial charge in [0.05, 0.1) is 12.4 Å². The van der Waals surface area contributed by atoms with Crippen molar-refractivity contribution in [2.24, 2.45) is 0 Å². The van der Waals surface area contributed by atoms with E-state index < -0.39 is 0 Å². The van der Waals surface area contributed by atoms with Crippen molar-refractivity contribution in [3.05, 3.63) is 54.0 Å². The van der Waals surface area contributed by atoms with E-state index in [4.69, 9.17) is 0 Å². The molecule has 6 nitrogen and oxygen atoms in total. The summed E-state index contributed by atoms with van der Waals surface area (Å²) >= 11 is 0. The fourth-order valence-electron chi connectivity index (χ4n) is 2.87. The van der Waals surface area contributed by atoms with E-state index in [0.717, 1.165) is 44.8 Å². The van der Waals surface area contributed by atoms with Crippen LogP contribution in [0.5, 0.6) is 0 Å². The molecule has 2 heterocycles. The molecule has 132 valence electrons. The van der Waals surface area contributed by atoms with E-state index in [1.165, 1.54) is 5.56 Å². The molecule has 1 aromatic carbocycles. The largest absolute Gasteiger partial charge is 0.353 e. The molecule has 1 amide bonds. The molecule has 6 heteroatoms. The quantitative estimate of drug-likeness (QED) is 0.810. The first-order valence-electron chi connectivity index (χ1n) is 8.80. The maximum atomic E-state index is 12.2. The molecule has 3 rings (SSSR count). The third kappa shape index (κ3) is 5.00. The molecule has 1 fully saturated rings. The first-order valence-corrected chi connectivity index (χ1v) is 8.80. The molecule has 0 unspecified atom stereocenters. The first-order chi connectivity index (χ1) is 12.2. The molecule has 0 saturated carbocycles. The zero-order valence-electron chi connectivity index (χ0n) is 14.7. The van der Waals surface area contributed by atoms with Gasteiger partial charge in [-0.2, -0.15) is 0 Å². The van der Waals surface area contributed by atoms with Crippen LogP contribution in [-0.2, 0) is 6.42 Å². The maximum Gasteiger partial charge on any atom is 0.271 e. The topological polar surface area (TPSA) is 61.4 Å². The van der Waals surface area contributed by atoms with Gasteiger partial charge in [0.2, 0.25) is 0 Å². The average Bonchev–Trinajstić information content (AvgIpc) is 2.67. The molecule has 1 N–H and O–H groups in total. The summed E-state index contributed by atoms with van der Waals surface area (Å²) in [4.78, 5) is 25.3. The van der Waals surface area contributed by atoms with Gasteiger partial charge in [-0.25, -0.2) is 9.97 Å². The van der Waals surface area contributed by atoms with Gasteiger partial charge >= 0.3 is 0 Å². The van der Waals surface area contributed by atoms with Crippen molar-refractivity contribution < 1.29 is 4.79 Å². The van der Waals surface area contributed by atoms with Crippen molar-refractivity contribution in [2.45, 2.75) is 12.8 Å². The van der Waals surface area contributed by atoms with Gasteiger partial charge in [-0.3, -0.25) is 4.79 Å². The summed E-state index contributed by atoms with van der Waals surface area (Å²) in [6, 6.07) is 10.3. The standard InChI is InChI=1S/C19H25N5O/c1-23-10-12-24(13-11-23)18-15-21-17(14-22-18)19(25)20-9-5-8-16-6-3-2-4-7-16/h2-4,6-7,14-15H,5,8-13H2,1H3,(H,20,25). The number of anilines is 1. The number of carbonyl (C=O) groups is 1. The van der Waals surface area contributed by atoms with E-state index >= 15 is 0 Å². The average molecular weight is 339 g/mol. The Morgan fingerprint density at radius 1 is 1.08 bits per heavy atom. The van der Waals surface area contributed by atoms with Gasteiger partial charge in [-0.1, -0.05) is 30.3 Å². The molecule has 0 radical (unpaired) electrons. The summed E-state index contributed by atoms with van der Waals surface area (Å²) in [6.07, 6.45) is 5.13. The Morgan fingerprint density at radius 2 is 1.84 bits per heavy atom. The lowest BCUT2D eigenvalue weighted by Gasteiger charge is -2.32. The Balaban J connectivity index is 1.44. The zero-order valence-corrected chi connectivity index (χ0v) is 14.7. The van der Waals surface area contributed by atoms with Crippen molar-refractivity contribution in [2.75, 3.05) is 44.7 Å². The van der Waals surface area contributed by atoms with E-state index in [1.54, 1.807) is 12.4 Å². The minimum Gasteiger partial charge on any atom is -0.353 e. The number of amides is 1. The number of aromatic nitrogens is 2. The van der Waals surface area contributed by atoms with Crippen LogP contribution in [0.1, 0.15) is 22.5 Å². The summed E-state index contributed by atoms with van der Waals surface area (Å²) in [7, 11) is 2.12. The van der Waals surface area contributed by atoms with E-state index in [1.807, 2.05) is 18.2 Å². The zero-order chi connectivity index (χ0) is 17.5. The van der Waals surface area contributed by atoms with Crippen LogP contribution < -0.4 is 10.2 Å². The monoisotopic (exact) mass is 339 g/mol. The number of nitrogens with one attached hydrogen (secondary N) is 1. The minimum atomic E-state index is -0.162. The molecule has 0 aliphatic carbocycles. The number of rotatable bonds is 6. The van der Waals surface area contributed by atoms with Crippen molar-refractivity contribution in [1.82, 2.24) is 20.2 Å². The fraction of sp³-hybridized carbons (Fsp3) is 0.421. The molecule has 1 aromatic heterocycles. The number of hydrogen-bond donors (Lipinski definition) is 1. The number of benzene rings is 1. The third-order valence-corrected chi connectivity index (χ3v) is 4.47. The lowest BCUT2D eigenvalue weighted by molar-refractivity contribution is 0.0948. The van der Waals surface area contributed by atoms with Gasteiger partial charge in [0, 0.05) is 32.7 Å². The van der Waals surface area contributed by atoms with Gasteiger partial charge in [-0.05, 0) is 25.5 Å². The summed E-state index contributed by atoms with van der Waals surface area (Å²) < 4.78 is 0. The van der Waals surface area contributed by atoms with Gasteiger partial charge in [0.25, 0.3) is 5.91 Å². The highest BCUT2D eigenvalue weighted by molar-refractivity contribution is 5.91. The van der Waals surface area contributed by atoms with Gasteiger partial charge in [0.1, 0.15) is 11.5 Å². The van der Waals surface area contributed by atoms with Crippen LogP contribution >= 0.6 is 0 Å². The lowest BCUT2D eigenvalue weighted by Crippen LogP contribution is -2.44. The van der Waals surface area contributed by atoms with Crippen molar-refractivity contribution >= 4 is 11.7 Å². The van der Waals surface area contributed by atoms with E-state index in [2.05, 4.69) is 44.3 Å². The molecular weight excluding hydrogens is 314 g/mol. The second kappa shape index (κ2) is 8.58. The fourth-order valence-corrected chi connectivity index (χ4v) is 2.87. The third-order valence-electron chi connectivity index (χ3n) is 4.47. The predicted octanol–water partition coefficient (Wildman–Crippen LogP) is 1.59. The second-order valence-electron chi connectivity index (χ2n) is 6.40. The summed E-state index contributed by atoms with van der Waals surface area (Å²) in [5, 5.41) is 2.91. The van der Waals surface area contributed by atoms with Gasteiger partial charge in [-0.15, -0.1) is 0 Å². The smallest absolute Gasteiger partial charge is 0.271 e. The highest BCUT2D eigenvalue weighted by atomic mass is 16.1. The van der Waals surface area contributed by atoms with Crippen LogP contribution in [0.2, 0.25) is 0 Å². The molecule has 0 atom stereocenters. The van der Waals surface area contributed by atoms with Crippen molar-refractivity contribution in [3.8, 4) is 0 Å². The number of aryl methyl sites for hydroxylation is 1. The Bertz CT molecular complexity index is 666. The van der Waals surface area contributed by atoms with Crippen LogP contribution in [0.3, 0.4) is 0 Å². The molecule has 1 saturated heterocycles. The minimum absolute atomic E-state index is 0.162. The van der Waals surface area contributed by atoms with Gasteiger partial charge < -0.3 is 15.1 Å². The summed E-state index contributed by atoms with van der Waals surface area (Å²) in [6.45, 7) is 4.55. The Morgan fingerprint density at radius 3 is 2.52 bits per heavy atom. The second-order valence-corrected chi connectivity index (χ2v) is 6.40. The van der Waals surface area contributed by atoms with E-state index in [0.29, 0.717) is 12.2 Å². The van der Waals surface area contributed by atoms with Crippen LogP contribution in [-0.4, -0.2) is 60.5 Å². The molecule has 25 heavy (non-hydrogen) atoms. The van der Waals surface area contributed by atoms with Crippen LogP contribution in [0.4, 0.5) is 5.82 Å². The molecule has 1 aliphatic rings. The molecule has 0 bridgehead atoms.